The third-order valence-corrected chi connectivity index (χ3v) is 4.83. The molecule has 0 aliphatic heterocycles. The Morgan fingerprint density at radius 2 is 1.93 bits per heavy atom. The Labute approximate surface area is 159 Å². The highest BCUT2D eigenvalue weighted by atomic mass is 32.2. The van der Waals surface area contributed by atoms with Crippen LogP contribution in [0.15, 0.2) is 58.5 Å². The number of amides is 1. The molecule has 0 unspecified atom stereocenters. The van der Waals surface area contributed by atoms with Gasteiger partial charge < -0.3 is 11.1 Å². The van der Waals surface area contributed by atoms with Crippen molar-refractivity contribution in [3.8, 4) is 0 Å². The molecule has 1 amide bonds. The molecule has 0 saturated heterocycles. The summed E-state index contributed by atoms with van der Waals surface area (Å²) in [6.45, 7) is 2.00. The highest BCUT2D eigenvalue weighted by molar-refractivity contribution is 7.98. The first-order valence-electron chi connectivity index (χ1n) is 8.08. The number of hydrogen-bond donors (Lipinski definition) is 3. The average molecular weight is 384 g/mol. The Bertz CT molecular complexity index is 1050. The molecule has 0 atom stereocenters. The average Bonchev–Trinajstić information content (AvgIpc) is 2.64. The monoisotopic (exact) mass is 384 g/mol. The summed E-state index contributed by atoms with van der Waals surface area (Å²) in [6.07, 6.45) is 0. The number of rotatable bonds is 5. The molecule has 3 aromatic rings. The summed E-state index contributed by atoms with van der Waals surface area (Å²) in [5.41, 5.74) is 7.09. The van der Waals surface area contributed by atoms with Gasteiger partial charge in [0.25, 0.3) is 11.5 Å². The van der Waals surface area contributed by atoms with E-state index in [0.717, 1.165) is 17.2 Å². The van der Waals surface area contributed by atoms with Crippen molar-refractivity contribution < 1.29 is 9.18 Å². The number of benzene rings is 2. The van der Waals surface area contributed by atoms with Crippen LogP contribution in [0.3, 0.4) is 0 Å². The number of halogens is 1. The second kappa shape index (κ2) is 8.05. The molecule has 0 bridgehead atoms. The molecule has 138 valence electrons. The Morgan fingerprint density at radius 1 is 1.22 bits per heavy atom. The predicted octanol–water partition coefficient (Wildman–Crippen LogP) is 3.34. The maximum Gasteiger partial charge on any atom is 0.277 e. The van der Waals surface area contributed by atoms with Crippen LogP contribution in [0.25, 0.3) is 0 Å². The minimum absolute atomic E-state index is 0.129. The standard InChI is InChI=1S/C19H17FN4O2S/c1-11-6-2-3-7-12(11)10-27-19-23-16(21)15(18(26)24-19)22-17(25)13-8-4-5-9-14(13)20/h2-9H,10H2,1H3,(H,22,25)(H3,21,23,24,26). The van der Waals surface area contributed by atoms with Gasteiger partial charge in [0.2, 0.25) is 0 Å². The Morgan fingerprint density at radius 3 is 2.63 bits per heavy atom. The molecular formula is C19H17FN4O2S. The van der Waals surface area contributed by atoms with Crippen LogP contribution in [0.4, 0.5) is 15.9 Å². The minimum Gasteiger partial charge on any atom is -0.382 e. The van der Waals surface area contributed by atoms with Crippen LogP contribution in [0.2, 0.25) is 0 Å². The zero-order valence-corrected chi connectivity index (χ0v) is 15.3. The topological polar surface area (TPSA) is 101 Å². The second-order valence-corrected chi connectivity index (χ2v) is 6.74. The van der Waals surface area contributed by atoms with E-state index in [9.17, 15) is 14.0 Å². The van der Waals surface area contributed by atoms with Gasteiger partial charge in [-0.1, -0.05) is 48.2 Å². The summed E-state index contributed by atoms with van der Waals surface area (Å²) in [6, 6.07) is 13.4. The highest BCUT2D eigenvalue weighted by Gasteiger charge is 2.16. The molecule has 0 radical (unpaired) electrons. The lowest BCUT2D eigenvalue weighted by Crippen LogP contribution is -2.23. The van der Waals surface area contributed by atoms with E-state index in [2.05, 4.69) is 15.3 Å². The zero-order chi connectivity index (χ0) is 19.4. The first kappa shape index (κ1) is 18.7. The summed E-state index contributed by atoms with van der Waals surface area (Å²) in [5.74, 6) is -0.984. The first-order chi connectivity index (χ1) is 13.0. The van der Waals surface area contributed by atoms with Crippen LogP contribution >= 0.6 is 11.8 Å². The van der Waals surface area contributed by atoms with Crippen LogP contribution in [0.5, 0.6) is 0 Å². The molecule has 3 rings (SSSR count). The molecule has 27 heavy (non-hydrogen) atoms. The van der Waals surface area contributed by atoms with Crippen LogP contribution < -0.4 is 16.6 Å². The van der Waals surface area contributed by atoms with E-state index < -0.39 is 17.3 Å². The fourth-order valence-electron chi connectivity index (χ4n) is 2.40. The largest absolute Gasteiger partial charge is 0.382 e. The Kier molecular flexibility index (Phi) is 5.56. The van der Waals surface area contributed by atoms with Crippen LogP contribution in [0.1, 0.15) is 21.5 Å². The maximum atomic E-state index is 13.7. The number of aromatic nitrogens is 2. The van der Waals surface area contributed by atoms with E-state index >= 15 is 0 Å². The smallest absolute Gasteiger partial charge is 0.277 e. The van der Waals surface area contributed by atoms with Gasteiger partial charge in [-0.15, -0.1) is 0 Å². The molecule has 0 aliphatic rings. The number of nitrogens with one attached hydrogen (secondary N) is 2. The number of H-pyrrole nitrogens is 1. The maximum absolute atomic E-state index is 13.7. The molecule has 1 aromatic heterocycles. The Balaban J connectivity index is 1.77. The zero-order valence-electron chi connectivity index (χ0n) is 14.5. The van der Waals surface area contributed by atoms with Gasteiger partial charge in [0.1, 0.15) is 11.5 Å². The van der Waals surface area contributed by atoms with Gasteiger partial charge in [-0.25, -0.2) is 9.37 Å². The van der Waals surface area contributed by atoms with Crippen molar-refractivity contribution in [2.45, 2.75) is 17.8 Å². The molecule has 0 aliphatic carbocycles. The number of carbonyl (C=O) groups is 1. The van der Waals surface area contributed by atoms with E-state index in [1.54, 1.807) is 0 Å². The second-order valence-electron chi connectivity index (χ2n) is 5.78. The lowest BCUT2D eigenvalue weighted by atomic mass is 10.1. The third-order valence-electron chi connectivity index (χ3n) is 3.91. The first-order valence-corrected chi connectivity index (χ1v) is 9.07. The van der Waals surface area contributed by atoms with Gasteiger partial charge in [-0.2, -0.15) is 0 Å². The van der Waals surface area contributed by atoms with Gasteiger partial charge in [0.05, 0.1) is 5.56 Å². The summed E-state index contributed by atoms with van der Waals surface area (Å²) < 4.78 is 13.7. The molecule has 6 nitrogen and oxygen atoms in total. The van der Waals surface area contributed by atoms with Gasteiger partial charge in [0.15, 0.2) is 11.0 Å². The van der Waals surface area contributed by atoms with E-state index in [-0.39, 0.29) is 17.1 Å². The van der Waals surface area contributed by atoms with E-state index in [0.29, 0.717) is 10.9 Å². The number of anilines is 2. The fourth-order valence-corrected chi connectivity index (χ4v) is 3.35. The number of thioether (sulfide) groups is 1. The number of nitrogen functional groups attached to an aromatic ring is 1. The van der Waals surface area contributed by atoms with Gasteiger partial charge in [-0.05, 0) is 30.2 Å². The molecule has 0 saturated carbocycles. The van der Waals surface area contributed by atoms with Crippen LogP contribution in [0, 0.1) is 12.7 Å². The molecule has 1 heterocycles. The van der Waals surface area contributed by atoms with Crippen LogP contribution in [-0.4, -0.2) is 15.9 Å². The minimum atomic E-state index is -0.771. The summed E-state index contributed by atoms with van der Waals surface area (Å²) in [5, 5.41) is 2.66. The van der Waals surface area contributed by atoms with Gasteiger partial charge in [-0.3, -0.25) is 14.6 Å². The van der Waals surface area contributed by atoms with Gasteiger partial charge >= 0.3 is 0 Å². The number of nitrogens with two attached hydrogens (primary N) is 1. The number of aryl methyl sites for hydroxylation is 1. The lowest BCUT2D eigenvalue weighted by Gasteiger charge is -2.09. The lowest BCUT2D eigenvalue weighted by molar-refractivity contribution is 0.102. The van der Waals surface area contributed by atoms with Crippen LogP contribution in [-0.2, 0) is 5.75 Å². The van der Waals surface area contributed by atoms with Crippen molar-refractivity contribution >= 4 is 29.2 Å². The van der Waals surface area contributed by atoms with Gasteiger partial charge in [0, 0.05) is 5.75 Å². The third kappa shape index (κ3) is 4.35. The molecule has 0 fully saturated rings. The van der Waals surface area contributed by atoms with Crippen molar-refractivity contribution in [1.82, 2.24) is 9.97 Å². The summed E-state index contributed by atoms with van der Waals surface area (Å²) in [4.78, 5) is 31.2. The fraction of sp³-hybridized carbons (Fsp3) is 0.105. The van der Waals surface area contributed by atoms with Crippen molar-refractivity contribution in [2.24, 2.45) is 0 Å². The molecule has 4 N–H and O–H groups in total. The van der Waals surface area contributed by atoms with E-state index in [1.807, 2.05) is 31.2 Å². The number of nitrogens with zero attached hydrogens (tertiary/aromatic N) is 1. The van der Waals surface area contributed by atoms with E-state index in [1.165, 1.54) is 30.0 Å². The quantitative estimate of drug-likeness (QED) is 0.463. The highest BCUT2D eigenvalue weighted by Crippen LogP contribution is 2.23. The Hall–Kier alpha value is -3.13. The predicted molar refractivity (Wildman–Crippen MR) is 104 cm³/mol. The van der Waals surface area contributed by atoms with Crippen molar-refractivity contribution in [3.05, 3.63) is 81.4 Å². The SMILES string of the molecule is Cc1ccccc1CSc1nc(N)c(NC(=O)c2ccccc2F)c(=O)[nH]1. The molecule has 8 heteroatoms. The van der Waals surface area contributed by atoms with Crippen molar-refractivity contribution in [1.29, 1.82) is 0 Å². The van der Waals surface area contributed by atoms with E-state index in [4.69, 9.17) is 5.73 Å². The summed E-state index contributed by atoms with van der Waals surface area (Å²) in [7, 11) is 0. The molecular weight excluding hydrogens is 367 g/mol. The number of hydrogen-bond acceptors (Lipinski definition) is 5. The number of aromatic amines is 1. The van der Waals surface area contributed by atoms with Crippen molar-refractivity contribution in [2.75, 3.05) is 11.1 Å². The summed E-state index contributed by atoms with van der Waals surface area (Å²) >= 11 is 1.32. The number of carbonyl (C=O) groups excluding carboxylic acids is 1. The normalized spacial score (nSPS) is 10.6. The molecule has 0 spiro atoms. The van der Waals surface area contributed by atoms with Crippen molar-refractivity contribution in [3.63, 3.8) is 0 Å². The molecule has 2 aromatic carbocycles.